The molecule has 0 atom stereocenters. The first-order valence-corrected chi connectivity index (χ1v) is 6.58. The Morgan fingerprint density at radius 1 is 1.23 bits per heavy atom. The van der Waals surface area contributed by atoms with Crippen LogP contribution in [0.25, 0.3) is 0 Å². The van der Waals surface area contributed by atoms with Crippen LogP contribution in [0.3, 0.4) is 0 Å². The van der Waals surface area contributed by atoms with E-state index < -0.39 is 17.5 Å². The zero-order chi connectivity index (χ0) is 15.9. The third-order valence-corrected chi connectivity index (χ3v) is 2.79. The predicted octanol–water partition coefficient (Wildman–Crippen LogP) is 3.15. The van der Waals surface area contributed by atoms with E-state index >= 15 is 0 Å². The van der Waals surface area contributed by atoms with Gasteiger partial charge in [-0.25, -0.2) is 14.2 Å². The van der Waals surface area contributed by atoms with E-state index in [1.165, 1.54) is 6.07 Å². The monoisotopic (exact) mass is 324 g/mol. The molecule has 0 spiro atoms. The summed E-state index contributed by atoms with van der Waals surface area (Å²) >= 11 is 5.72. The van der Waals surface area contributed by atoms with Gasteiger partial charge in [0.05, 0.1) is 6.21 Å². The minimum absolute atomic E-state index is 0.0559. The van der Waals surface area contributed by atoms with Gasteiger partial charge in [-0.05, 0) is 36.4 Å². The molecule has 0 unspecified atom stereocenters. The highest BCUT2D eigenvalue weighted by atomic mass is 35.5. The van der Waals surface area contributed by atoms with Crippen LogP contribution in [0, 0.1) is 11.6 Å². The van der Waals surface area contributed by atoms with Crippen molar-refractivity contribution in [2.75, 3.05) is 6.61 Å². The van der Waals surface area contributed by atoms with Crippen molar-refractivity contribution in [3.8, 4) is 5.75 Å². The number of amides is 1. The summed E-state index contributed by atoms with van der Waals surface area (Å²) in [6, 6.07) is 9.53. The molecule has 0 heterocycles. The molecule has 114 valence electrons. The van der Waals surface area contributed by atoms with Gasteiger partial charge >= 0.3 is 0 Å². The average Bonchev–Trinajstić information content (AvgIpc) is 2.49. The van der Waals surface area contributed by atoms with Crippen LogP contribution in [0.2, 0.25) is 5.02 Å². The second-order valence-electron chi connectivity index (χ2n) is 4.20. The summed E-state index contributed by atoms with van der Waals surface area (Å²) in [6.45, 7) is -0.259. The summed E-state index contributed by atoms with van der Waals surface area (Å²) in [7, 11) is 0. The van der Waals surface area contributed by atoms with Crippen LogP contribution in [0.5, 0.6) is 5.75 Å². The number of nitrogens with one attached hydrogen (secondary N) is 1. The minimum atomic E-state index is -0.768. The number of rotatable bonds is 5. The lowest BCUT2D eigenvalue weighted by Crippen LogP contribution is -2.24. The first kappa shape index (κ1) is 15.9. The third kappa shape index (κ3) is 4.82. The van der Waals surface area contributed by atoms with Crippen molar-refractivity contribution in [2.24, 2.45) is 5.10 Å². The molecule has 0 saturated carbocycles. The van der Waals surface area contributed by atoms with Crippen molar-refractivity contribution in [1.29, 1.82) is 0 Å². The predicted molar refractivity (Wildman–Crippen MR) is 79.0 cm³/mol. The molecule has 0 aliphatic carbocycles. The SMILES string of the molecule is O=C(COc1ccc(Cl)cc1)N/N=C\c1ccc(F)cc1F. The van der Waals surface area contributed by atoms with Gasteiger partial charge in [-0.2, -0.15) is 5.10 Å². The van der Waals surface area contributed by atoms with E-state index in [1.54, 1.807) is 24.3 Å². The highest BCUT2D eigenvalue weighted by Crippen LogP contribution is 2.15. The maximum Gasteiger partial charge on any atom is 0.277 e. The Kier molecular flexibility index (Phi) is 5.43. The molecule has 0 aliphatic rings. The first-order chi connectivity index (χ1) is 10.5. The summed E-state index contributed by atoms with van der Waals surface area (Å²) in [5, 5.41) is 4.13. The Balaban J connectivity index is 1.82. The van der Waals surface area contributed by atoms with Crippen LogP contribution < -0.4 is 10.2 Å². The highest BCUT2D eigenvalue weighted by Gasteiger charge is 2.03. The molecule has 2 rings (SSSR count). The Hall–Kier alpha value is -2.47. The van der Waals surface area contributed by atoms with Gasteiger partial charge < -0.3 is 4.74 Å². The highest BCUT2D eigenvalue weighted by molar-refractivity contribution is 6.30. The van der Waals surface area contributed by atoms with Gasteiger partial charge in [-0.15, -0.1) is 0 Å². The maximum absolute atomic E-state index is 13.3. The number of carbonyl (C=O) groups excluding carboxylic acids is 1. The number of halogens is 3. The molecular weight excluding hydrogens is 314 g/mol. The maximum atomic E-state index is 13.3. The molecule has 0 saturated heterocycles. The average molecular weight is 325 g/mol. The van der Waals surface area contributed by atoms with Crippen molar-refractivity contribution < 1.29 is 18.3 Å². The number of carbonyl (C=O) groups is 1. The normalized spacial score (nSPS) is 10.7. The third-order valence-electron chi connectivity index (χ3n) is 2.54. The fourth-order valence-corrected chi connectivity index (χ4v) is 1.62. The van der Waals surface area contributed by atoms with Crippen molar-refractivity contribution >= 4 is 23.7 Å². The quantitative estimate of drug-likeness (QED) is 0.678. The summed E-state index contributed by atoms with van der Waals surface area (Å²) in [6.07, 6.45) is 1.08. The van der Waals surface area contributed by atoms with Gasteiger partial charge in [0.1, 0.15) is 17.4 Å². The summed E-state index contributed by atoms with van der Waals surface area (Å²) in [4.78, 5) is 11.5. The molecule has 7 heteroatoms. The lowest BCUT2D eigenvalue weighted by Gasteiger charge is -2.04. The van der Waals surface area contributed by atoms with E-state index in [1.807, 2.05) is 0 Å². The summed E-state index contributed by atoms with van der Waals surface area (Å²) in [5.74, 6) is -1.49. The topological polar surface area (TPSA) is 50.7 Å². The number of benzene rings is 2. The van der Waals surface area contributed by atoms with Gasteiger partial charge in [0.2, 0.25) is 0 Å². The van der Waals surface area contributed by atoms with E-state index in [4.69, 9.17) is 16.3 Å². The van der Waals surface area contributed by atoms with Crippen LogP contribution >= 0.6 is 11.6 Å². The Morgan fingerprint density at radius 3 is 2.64 bits per heavy atom. The largest absolute Gasteiger partial charge is 0.484 e. The van der Waals surface area contributed by atoms with Crippen LogP contribution in [0.4, 0.5) is 8.78 Å². The molecule has 1 N–H and O–H groups in total. The van der Waals surface area contributed by atoms with Gasteiger partial charge in [-0.1, -0.05) is 11.6 Å². The summed E-state index contributed by atoms with van der Waals surface area (Å²) < 4.78 is 31.2. The first-order valence-electron chi connectivity index (χ1n) is 6.20. The van der Waals surface area contributed by atoms with E-state index in [0.29, 0.717) is 10.8 Å². The van der Waals surface area contributed by atoms with Gasteiger partial charge in [-0.3, -0.25) is 4.79 Å². The summed E-state index contributed by atoms with van der Waals surface area (Å²) in [5.41, 5.74) is 2.23. The molecule has 2 aromatic rings. The van der Waals surface area contributed by atoms with Crippen LogP contribution in [0.15, 0.2) is 47.6 Å². The van der Waals surface area contributed by atoms with Crippen molar-refractivity contribution in [3.63, 3.8) is 0 Å². The second-order valence-corrected chi connectivity index (χ2v) is 4.64. The molecule has 1 amide bonds. The number of hydrogen-bond acceptors (Lipinski definition) is 3. The van der Waals surface area contributed by atoms with Crippen molar-refractivity contribution in [2.45, 2.75) is 0 Å². The molecule has 0 radical (unpaired) electrons. The molecule has 22 heavy (non-hydrogen) atoms. The Labute approximate surface area is 130 Å². The number of ether oxygens (including phenoxy) is 1. The molecule has 0 bridgehead atoms. The standard InChI is InChI=1S/C15H11ClF2N2O2/c16-11-2-5-13(6-3-11)22-9-15(21)20-19-8-10-1-4-12(17)7-14(10)18/h1-8H,9H2,(H,20,21)/b19-8-. The van der Waals surface area contributed by atoms with Crippen molar-refractivity contribution in [1.82, 2.24) is 5.43 Å². The number of nitrogens with zero attached hydrogens (tertiary/aromatic N) is 1. The fraction of sp³-hybridized carbons (Fsp3) is 0.0667. The zero-order valence-corrected chi connectivity index (χ0v) is 12.0. The Morgan fingerprint density at radius 2 is 1.95 bits per heavy atom. The lowest BCUT2D eigenvalue weighted by molar-refractivity contribution is -0.123. The molecule has 0 aliphatic heterocycles. The van der Waals surface area contributed by atoms with E-state index in [9.17, 15) is 13.6 Å². The molecule has 4 nitrogen and oxygen atoms in total. The molecule has 2 aromatic carbocycles. The molecular formula is C15H11ClF2N2O2. The second kappa shape index (κ2) is 7.51. The van der Waals surface area contributed by atoms with Gasteiger partial charge in [0.25, 0.3) is 5.91 Å². The van der Waals surface area contributed by atoms with Crippen LogP contribution in [-0.4, -0.2) is 18.7 Å². The van der Waals surface area contributed by atoms with Gasteiger partial charge in [0.15, 0.2) is 6.61 Å². The lowest BCUT2D eigenvalue weighted by atomic mass is 10.2. The van der Waals surface area contributed by atoms with Crippen LogP contribution in [-0.2, 0) is 4.79 Å². The minimum Gasteiger partial charge on any atom is -0.484 e. The van der Waals surface area contributed by atoms with E-state index in [2.05, 4.69) is 10.5 Å². The van der Waals surface area contributed by atoms with Gasteiger partial charge in [0, 0.05) is 16.7 Å². The fourth-order valence-electron chi connectivity index (χ4n) is 1.49. The zero-order valence-electron chi connectivity index (χ0n) is 11.2. The Bertz CT molecular complexity index is 690. The number of hydrogen-bond donors (Lipinski definition) is 1. The van der Waals surface area contributed by atoms with E-state index in [-0.39, 0.29) is 12.2 Å². The van der Waals surface area contributed by atoms with Crippen LogP contribution in [0.1, 0.15) is 5.56 Å². The van der Waals surface area contributed by atoms with E-state index in [0.717, 1.165) is 18.3 Å². The molecule has 0 fully saturated rings. The molecule has 0 aromatic heterocycles. The smallest absolute Gasteiger partial charge is 0.277 e. The number of hydrazone groups is 1. The van der Waals surface area contributed by atoms with Crippen molar-refractivity contribution in [3.05, 3.63) is 64.7 Å².